The van der Waals surface area contributed by atoms with Crippen LogP contribution in [0.3, 0.4) is 0 Å². The molecule has 65 heavy (non-hydrogen) atoms. The molecule has 29 heteroatoms. The number of aliphatic hydroxyl groups is 3. The minimum atomic E-state index is -1.88. The highest BCUT2D eigenvalue weighted by Gasteiger charge is 2.35. The Bertz CT molecular complexity index is 1740. The van der Waals surface area contributed by atoms with Crippen LogP contribution in [0.15, 0.2) is 0 Å². The van der Waals surface area contributed by atoms with Crippen LogP contribution in [0.2, 0.25) is 0 Å². The Balaban J connectivity index is 5.75. The number of carbonyl (C=O) groups is 12. The molecular weight excluding hydrogens is 893 g/mol. The van der Waals surface area contributed by atoms with Gasteiger partial charge in [-0.2, -0.15) is 12.6 Å². The Hall–Kier alpha value is -6.17. The van der Waals surface area contributed by atoms with Gasteiger partial charge in [0, 0.05) is 12.2 Å². The number of amides is 9. The van der Waals surface area contributed by atoms with Gasteiger partial charge in [0.25, 0.3) is 0 Å². The van der Waals surface area contributed by atoms with Crippen LogP contribution in [-0.2, 0) is 57.5 Å². The van der Waals surface area contributed by atoms with Gasteiger partial charge in [-0.25, -0.2) is 4.79 Å². The predicted molar refractivity (Wildman–Crippen MR) is 224 cm³/mol. The Morgan fingerprint density at radius 1 is 0.554 bits per heavy atom. The Morgan fingerprint density at radius 3 is 1.43 bits per heavy atom. The number of hydrogen-bond donors (Lipinski definition) is 17. The predicted octanol–water partition coefficient (Wildman–Crippen LogP) is -7.89. The number of thiol groups is 1. The first-order chi connectivity index (χ1) is 30.2. The molecule has 0 aromatic carbocycles. The quantitative estimate of drug-likeness (QED) is 0.0297. The summed E-state index contributed by atoms with van der Waals surface area (Å²) in [6, 6.07) is -12.9. The van der Waals surface area contributed by atoms with Gasteiger partial charge >= 0.3 is 17.9 Å². The molecular formula is C36H60N10O18S. The van der Waals surface area contributed by atoms with Crippen molar-refractivity contribution in [2.75, 3.05) is 25.4 Å². The monoisotopic (exact) mass is 952 g/mol. The van der Waals surface area contributed by atoms with E-state index in [9.17, 15) is 83.1 Å². The van der Waals surface area contributed by atoms with Crippen molar-refractivity contribution in [2.24, 2.45) is 11.7 Å². The van der Waals surface area contributed by atoms with Crippen LogP contribution in [0.4, 0.5) is 0 Å². The molecule has 28 nitrogen and oxygen atoms in total. The molecule has 17 N–H and O–H groups in total. The SMILES string of the molecule is CC[C@H](C)[C@H](N)C(=O)N[C@H](C(=O)N[C@@H](CC(=O)O)C(=O)NCC(=O)N[C@@H](CCC(=O)O)C(=O)N[C@@H](C)C(=O)N[C@H](C(=O)N[C@@H](CO)C(=O)NCC(=O)N[C@@H](CS)C(=O)O)[C@@H](C)O)[C@@H](C)O. The van der Waals surface area contributed by atoms with E-state index >= 15 is 0 Å². The normalized spacial score (nSPS) is 16.0. The third-order valence-electron chi connectivity index (χ3n) is 9.23. The Kier molecular flexibility index (Phi) is 26.5. The summed E-state index contributed by atoms with van der Waals surface area (Å²) in [7, 11) is 0. The van der Waals surface area contributed by atoms with Crippen LogP contribution >= 0.6 is 12.6 Å². The summed E-state index contributed by atoms with van der Waals surface area (Å²) in [5.41, 5.74) is 5.88. The molecule has 0 fully saturated rings. The molecule has 0 saturated carbocycles. The number of carbonyl (C=O) groups excluding carboxylic acids is 9. The lowest BCUT2D eigenvalue weighted by molar-refractivity contribution is -0.142. The van der Waals surface area contributed by atoms with Gasteiger partial charge in [0.05, 0.1) is 44.4 Å². The summed E-state index contributed by atoms with van der Waals surface area (Å²) in [5.74, 6) is -15.0. The molecule has 0 aliphatic heterocycles. The van der Waals surface area contributed by atoms with E-state index in [0.717, 1.165) is 20.8 Å². The first kappa shape index (κ1) is 58.8. The summed E-state index contributed by atoms with van der Waals surface area (Å²) in [6.07, 6.45) is -5.07. The molecule has 0 aromatic rings. The number of aliphatic hydroxyl groups excluding tert-OH is 3. The van der Waals surface area contributed by atoms with Gasteiger partial charge < -0.3 is 84.2 Å². The summed E-state index contributed by atoms with van der Waals surface area (Å²) in [5, 5.41) is 76.7. The van der Waals surface area contributed by atoms with Crippen LogP contribution in [0.5, 0.6) is 0 Å². The zero-order valence-corrected chi connectivity index (χ0v) is 37.0. The van der Waals surface area contributed by atoms with Gasteiger partial charge in [0.1, 0.15) is 42.3 Å². The fraction of sp³-hybridized carbons (Fsp3) is 0.667. The van der Waals surface area contributed by atoms with Gasteiger partial charge in [0.2, 0.25) is 53.2 Å². The fourth-order valence-electron chi connectivity index (χ4n) is 5.13. The van der Waals surface area contributed by atoms with Crippen molar-refractivity contribution in [1.82, 2.24) is 47.9 Å². The Morgan fingerprint density at radius 2 is 1.02 bits per heavy atom. The van der Waals surface area contributed by atoms with Crippen molar-refractivity contribution in [3.05, 3.63) is 0 Å². The van der Waals surface area contributed by atoms with Gasteiger partial charge in [0.15, 0.2) is 0 Å². The molecule has 0 aliphatic carbocycles. The minimum absolute atomic E-state index is 0.277. The lowest BCUT2D eigenvalue weighted by atomic mass is 9.98. The van der Waals surface area contributed by atoms with E-state index in [1.54, 1.807) is 13.8 Å². The average Bonchev–Trinajstić information content (AvgIpc) is 3.23. The minimum Gasteiger partial charge on any atom is -0.481 e. The third kappa shape index (κ3) is 21.8. The second kappa shape index (κ2) is 29.3. The summed E-state index contributed by atoms with van der Waals surface area (Å²) >= 11 is 3.78. The van der Waals surface area contributed by atoms with Gasteiger partial charge in [-0.1, -0.05) is 20.3 Å². The number of nitrogens with two attached hydrogens (primary N) is 1. The highest BCUT2D eigenvalue weighted by Crippen LogP contribution is 2.07. The number of hydrogen-bond acceptors (Lipinski definition) is 17. The zero-order chi connectivity index (χ0) is 50.3. The van der Waals surface area contributed by atoms with Crippen LogP contribution in [0.25, 0.3) is 0 Å². The fourth-order valence-corrected chi connectivity index (χ4v) is 5.37. The maximum atomic E-state index is 13.2. The van der Waals surface area contributed by atoms with Gasteiger partial charge in [-0.05, 0) is 33.1 Å². The van der Waals surface area contributed by atoms with Gasteiger partial charge in [-0.15, -0.1) is 0 Å². The molecule has 368 valence electrons. The second-order valence-corrected chi connectivity index (χ2v) is 15.0. The smallest absolute Gasteiger partial charge is 0.327 e. The van der Waals surface area contributed by atoms with E-state index < -0.39 is 171 Å². The molecule has 0 saturated heterocycles. The number of rotatable bonds is 30. The lowest BCUT2D eigenvalue weighted by Crippen LogP contribution is -2.61. The molecule has 0 aliphatic rings. The van der Waals surface area contributed by atoms with Crippen LogP contribution in [0, 0.1) is 5.92 Å². The summed E-state index contributed by atoms with van der Waals surface area (Å²) < 4.78 is 0. The van der Waals surface area contributed by atoms with Crippen molar-refractivity contribution in [1.29, 1.82) is 0 Å². The van der Waals surface area contributed by atoms with E-state index in [1.807, 2.05) is 5.32 Å². The highest BCUT2D eigenvalue weighted by molar-refractivity contribution is 7.80. The zero-order valence-electron chi connectivity index (χ0n) is 36.1. The van der Waals surface area contributed by atoms with E-state index in [1.165, 1.54) is 0 Å². The number of nitrogens with one attached hydrogen (secondary N) is 9. The first-order valence-corrected chi connectivity index (χ1v) is 20.5. The van der Waals surface area contributed by atoms with E-state index in [0.29, 0.717) is 6.42 Å². The van der Waals surface area contributed by atoms with Crippen LogP contribution < -0.4 is 53.6 Å². The van der Waals surface area contributed by atoms with Crippen molar-refractivity contribution in [3.8, 4) is 0 Å². The highest BCUT2D eigenvalue weighted by atomic mass is 32.1. The molecule has 0 heterocycles. The largest absolute Gasteiger partial charge is 0.481 e. The maximum Gasteiger partial charge on any atom is 0.327 e. The molecule has 11 atom stereocenters. The van der Waals surface area contributed by atoms with E-state index in [4.69, 9.17) is 10.8 Å². The van der Waals surface area contributed by atoms with E-state index in [2.05, 4.69) is 55.2 Å². The molecule has 0 aromatic heterocycles. The van der Waals surface area contributed by atoms with Crippen LogP contribution in [0.1, 0.15) is 60.3 Å². The van der Waals surface area contributed by atoms with E-state index in [-0.39, 0.29) is 11.7 Å². The lowest BCUT2D eigenvalue weighted by Gasteiger charge is -2.26. The van der Waals surface area contributed by atoms with Crippen molar-refractivity contribution in [3.63, 3.8) is 0 Å². The third-order valence-corrected chi connectivity index (χ3v) is 9.59. The topological polar surface area (TPSA) is 461 Å². The van der Waals surface area contributed by atoms with Crippen LogP contribution in [-0.4, -0.2) is 188 Å². The standard InChI is InChI=1S/C36H60N10O18S/c1-6-14(2)26(37)33(60)46-28(17(5)49)34(61)43-19(9-25(54)55)30(57)38-10-22(50)41-18(7-8-24(52)53)32(59)40-15(3)29(56)45-27(16(4)48)35(62)44-20(12-47)31(58)39-11-23(51)42-21(13-65)36(63)64/h14-21,26-28,47-49,65H,6-13,37H2,1-5H3,(H,38,57)(H,39,58)(H,40,59)(H,41,50)(H,42,51)(H,43,61)(H,44,62)(H,45,56)(H,46,60)(H,52,53)(H,54,55)(H,63,64)/t14-,15-,16+,17+,18-,19-,20-,21-,26-,27-,28-/m0/s1. The second-order valence-electron chi connectivity index (χ2n) is 14.6. The van der Waals surface area contributed by atoms with Crippen molar-refractivity contribution < 1.29 is 88.2 Å². The molecule has 0 rings (SSSR count). The maximum absolute atomic E-state index is 13.2. The molecule has 0 spiro atoms. The molecule has 0 radical (unpaired) electrons. The first-order valence-electron chi connectivity index (χ1n) is 19.9. The average molecular weight is 953 g/mol. The Labute approximate surface area is 377 Å². The van der Waals surface area contributed by atoms with Crippen molar-refractivity contribution >= 4 is 83.7 Å². The summed E-state index contributed by atoms with van der Waals surface area (Å²) in [6.45, 7) is 3.89. The molecule has 0 bridgehead atoms. The number of carboxylic acids is 3. The molecule has 9 amide bonds. The number of aliphatic carboxylic acids is 3. The summed E-state index contributed by atoms with van der Waals surface area (Å²) in [4.78, 5) is 149. The van der Waals surface area contributed by atoms with Gasteiger partial charge in [-0.3, -0.25) is 52.7 Å². The number of carboxylic acid groups (broad SMARTS) is 3. The van der Waals surface area contributed by atoms with Crippen molar-refractivity contribution in [2.45, 2.75) is 121 Å². The molecule has 0 unspecified atom stereocenters.